The highest BCUT2D eigenvalue weighted by atomic mass is 16.3. The Morgan fingerprint density at radius 3 is 1.80 bits per heavy atom. The van der Waals surface area contributed by atoms with Crippen LogP contribution < -0.4 is 0 Å². The molecule has 0 atom stereocenters. The van der Waals surface area contributed by atoms with Crippen LogP contribution in [0.5, 0.6) is 0 Å². The van der Waals surface area contributed by atoms with Crippen molar-refractivity contribution in [2.24, 2.45) is 0 Å². The maximum atomic E-state index is 6.61. The highest BCUT2D eigenvalue weighted by molar-refractivity contribution is 6.23. The lowest BCUT2D eigenvalue weighted by atomic mass is 9.92. The Bertz CT molecular complexity index is 3110. The summed E-state index contributed by atoms with van der Waals surface area (Å²) in [5.41, 5.74) is 12.7. The Balaban J connectivity index is 1.22. The molecule has 0 saturated heterocycles. The van der Waals surface area contributed by atoms with Crippen LogP contribution in [0.15, 0.2) is 142 Å². The van der Waals surface area contributed by atoms with Crippen LogP contribution in [0.2, 0.25) is 0 Å². The number of rotatable bonds is 3. The largest absolute Gasteiger partial charge is 0.456 e. The minimum atomic E-state index is 0.858. The van der Waals surface area contributed by atoms with E-state index in [9.17, 15) is 0 Å². The second-order valence-electron chi connectivity index (χ2n) is 13.6. The van der Waals surface area contributed by atoms with Gasteiger partial charge in [-0.05, 0) is 72.0 Å². The number of hydrogen-bond acceptors (Lipinski definition) is 4. The van der Waals surface area contributed by atoms with Gasteiger partial charge in [0.15, 0.2) is 0 Å². The van der Waals surface area contributed by atoms with Crippen molar-refractivity contribution in [3.05, 3.63) is 150 Å². The average molecular weight is 655 g/mol. The fourth-order valence-corrected chi connectivity index (χ4v) is 8.29. The lowest BCUT2D eigenvalue weighted by Crippen LogP contribution is -1.97. The van der Waals surface area contributed by atoms with Crippen LogP contribution in [-0.4, -0.2) is 9.97 Å². The van der Waals surface area contributed by atoms with Gasteiger partial charge in [-0.3, -0.25) is 0 Å². The van der Waals surface area contributed by atoms with Crippen LogP contribution in [0.25, 0.3) is 105 Å². The molecule has 51 heavy (non-hydrogen) atoms. The number of furan rings is 2. The molecule has 3 heterocycles. The van der Waals surface area contributed by atoms with Gasteiger partial charge in [-0.2, -0.15) is 0 Å². The van der Waals surface area contributed by atoms with Crippen molar-refractivity contribution in [2.45, 2.75) is 19.8 Å². The molecule has 0 aliphatic heterocycles. The summed E-state index contributed by atoms with van der Waals surface area (Å²) in [6.07, 6.45) is 6.33. The van der Waals surface area contributed by atoms with E-state index < -0.39 is 0 Å². The Morgan fingerprint density at radius 1 is 0.510 bits per heavy atom. The third-order valence-electron chi connectivity index (χ3n) is 10.6. The van der Waals surface area contributed by atoms with E-state index in [1.165, 1.54) is 21.7 Å². The Morgan fingerprint density at radius 2 is 1.08 bits per heavy atom. The maximum absolute atomic E-state index is 6.61. The molecule has 4 heteroatoms. The summed E-state index contributed by atoms with van der Waals surface area (Å²) in [5.74, 6) is 0.961. The summed E-state index contributed by atoms with van der Waals surface area (Å²) in [5, 5.41) is 7.97. The van der Waals surface area contributed by atoms with Crippen LogP contribution in [-0.2, 0) is 6.42 Å². The van der Waals surface area contributed by atoms with Gasteiger partial charge < -0.3 is 8.83 Å². The van der Waals surface area contributed by atoms with Gasteiger partial charge in [0.05, 0.1) is 22.4 Å². The minimum absolute atomic E-state index is 0.858. The molecule has 4 nitrogen and oxygen atoms in total. The summed E-state index contributed by atoms with van der Waals surface area (Å²) >= 11 is 0. The van der Waals surface area contributed by atoms with Crippen molar-refractivity contribution in [2.75, 3.05) is 0 Å². The average Bonchev–Trinajstić information content (AvgIpc) is 3.76. The zero-order valence-corrected chi connectivity index (χ0v) is 27.9. The molecule has 0 spiro atoms. The van der Waals surface area contributed by atoms with Crippen LogP contribution in [0.3, 0.4) is 0 Å². The topological polar surface area (TPSA) is 52.1 Å². The Kier molecular flexibility index (Phi) is 5.97. The number of aromatic nitrogens is 2. The van der Waals surface area contributed by atoms with Gasteiger partial charge in [-0.25, -0.2) is 9.97 Å². The van der Waals surface area contributed by atoms with Crippen molar-refractivity contribution in [3.63, 3.8) is 0 Å². The second kappa shape index (κ2) is 10.7. The molecule has 0 bridgehead atoms. The first-order chi connectivity index (χ1) is 25.2. The molecule has 0 saturated carbocycles. The van der Waals surface area contributed by atoms with E-state index in [2.05, 4.69) is 134 Å². The Labute approximate surface area is 293 Å². The van der Waals surface area contributed by atoms with Gasteiger partial charge in [0.1, 0.15) is 22.5 Å². The molecule has 0 unspecified atom stereocenters. The van der Waals surface area contributed by atoms with Crippen LogP contribution in [0.1, 0.15) is 23.4 Å². The van der Waals surface area contributed by atoms with Crippen molar-refractivity contribution < 1.29 is 8.83 Å². The van der Waals surface area contributed by atoms with Gasteiger partial charge >= 0.3 is 0 Å². The molecule has 240 valence electrons. The van der Waals surface area contributed by atoms with Crippen LogP contribution in [0, 0.1) is 6.92 Å². The Hall–Kier alpha value is -6.52. The normalized spacial score (nSPS) is 13.0. The highest BCUT2D eigenvalue weighted by Crippen LogP contribution is 2.43. The van der Waals surface area contributed by atoms with Crippen molar-refractivity contribution in [1.29, 1.82) is 0 Å². The van der Waals surface area contributed by atoms with E-state index in [-0.39, 0.29) is 0 Å². The highest BCUT2D eigenvalue weighted by Gasteiger charge is 2.21. The molecule has 0 fully saturated rings. The third-order valence-corrected chi connectivity index (χ3v) is 10.6. The molecule has 1 aliphatic carbocycles. The van der Waals surface area contributed by atoms with Crippen molar-refractivity contribution in [3.8, 4) is 33.5 Å². The molecule has 7 aromatic carbocycles. The van der Waals surface area contributed by atoms with Gasteiger partial charge in [0, 0.05) is 49.2 Å². The summed E-state index contributed by atoms with van der Waals surface area (Å²) < 4.78 is 13.2. The van der Waals surface area contributed by atoms with Crippen molar-refractivity contribution >= 4 is 71.6 Å². The quantitative estimate of drug-likeness (QED) is 0.178. The summed E-state index contributed by atoms with van der Waals surface area (Å²) in [6, 6.07) is 45.0. The predicted octanol–water partition coefficient (Wildman–Crippen LogP) is 12.9. The number of para-hydroxylation sites is 3. The lowest BCUT2D eigenvalue weighted by Gasteiger charge is -2.15. The number of fused-ring (bicyclic) bond motifs is 12. The van der Waals surface area contributed by atoms with Crippen LogP contribution >= 0.6 is 0 Å². The zero-order valence-electron chi connectivity index (χ0n) is 27.9. The molecular formula is C47H30N2O2. The van der Waals surface area contributed by atoms with Gasteiger partial charge in [-0.1, -0.05) is 109 Å². The second-order valence-corrected chi connectivity index (χ2v) is 13.6. The number of nitrogens with zero attached hydrogens (tertiary/aromatic N) is 2. The molecular weight excluding hydrogens is 625 g/mol. The first-order valence-corrected chi connectivity index (χ1v) is 17.5. The van der Waals surface area contributed by atoms with Gasteiger partial charge in [-0.15, -0.1) is 0 Å². The predicted molar refractivity (Wildman–Crippen MR) is 210 cm³/mol. The van der Waals surface area contributed by atoms with E-state index in [1.54, 1.807) is 0 Å². The molecule has 10 aromatic rings. The fourth-order valence-electron chi connectivity index (χ4n) is 8.29. The lowest BCUT2D eigenvalue weighted by molar-refractivity contribution is 0.596. The van der Waals surface area contributed by atoms with E-state index >= 15 is 0 Å². The van der Waals surface area contributed by atoms with E-state index in [1.807, 2.05) is 12.1 Å². The first kappa shape index (κ1) is 28.3. The van der Waals surface area contributed by atoms with Gasteiger partial charge in [0.25, 0.3) is 0 Å². The molecule has 0 radical (unpaired) electrons. The minimum Gasteiger partial charge on any atom is -0.456 e. The number of aryl methyl sites for hydroxylation is 2. The van der Waals surface area contributed by atoms with E-state index in [4.69, 9.17) is 18.8 Å². The SMILES string of the molecule is Cc1nc2c3ccccc3c3ccccc3c2nc1-c1cc(-c2cccc3c4c(oc23)C=CCC4)cc(-c2cccc3c2oc2ccccc23)c1. The summed E-state index contributed by atoms with van der Waals surface area (Å²) in [6.45, 7) is 2.08. The van der Waals surface area contributed by atoms with Crippen molar-refractivity contribution in [1.82, 2.24) is 9.97 Å². The van der Waals surface area contributed by atoms with Gasteiger partial charge in [0.2, 0.25) is 0 Å². The molecule has 0 N–H and O–H groups in total. The third kappa shape index (κ3) is 4.20. The number of allylic oxidation sites excluding steroid dienone is 1. The number of benzene rings is 7. The maximum Gasteiger partial charge on any atom is 0.143 e. The fraction of sp³-hybridized carbons (Fsp3) is 0.0638. The zero-order chi connectivity index (χ0) is 33.6. The molecule has 0 amide bonds. The van der Waals surface area contributed by atoms with Crippen LogP contribution in [0.4, 0.5) is 0 Å². The molecule has 11 rings (SSSR count). The smallest absolute Gasteiger partial charge is 0.143 e. The standard InChI is InChI=1S/C47H30N2O2/c1-27-43(49-45-38-17-5-3-13-34(38)33-12-2-4-16-37(33)44(45)48-27)30-25-28(31-18-10-20-39-35-14-6-8-22-41(35)50-46(31)39)24-29(26-30)32-19-11-21-40-36-15-7-9-23-42(36)51-47(32)40/h2-6,8-14,16-26H,7,15H2,1H3. The molecule has 3 aromatic heterocycles. The van der Waals surface area contributed by atoms with E-state index in [0.29, 0.717) is 0 Å². The summed E-state index contributed by atoms with van der Waals surface area (Å²) in [4.78, 5) is 10.8. The first-order valence-electron chi connectivity index (χ1n) is 17.5. The van der Waals surface area contributed by atoms with E-state index in [0.717, 1.165) is 107 Å². The summed E-state index contributed by atoms with van der Waals surface area (Å²) in [7, 11) is 0. The number of hydrogen-bond donors (Lipinski definition) is 0. The molecule has 1 aliphatic rings. The monoisotopic (exact) mass is 654 g/mol.